The Morgan fingerprint density at radius 1 is 1.29 bits per heavy atom. The summed E-state index contributed by atoms with van der Waals surface area (Å²) < 4.78 is 2.47. The van der Waals surface area contributed by atoms with Gasteiger partial charge in [0.25, 0.3) is 0 Å². The van der Waals surface area contributed by atoms with Crippen molar-refractivity contribution >= 4 is 49.5 Å². The lowest BCUT2D eigenvalue weighted by Gasteiger charge is -1.90. The van der Waals surface area contributed by atoms with Crippen LogP contribution >= 0.6 is 27.3 Å². The molecular weight excluding hydrogens is 256 g/mol. The van der Waals surface area contributed by atoms with Crippen molar-refractivity contribution in [1.29, 1.82) is 0 Å². The second-order valence-electron chi connectivity index (χ2n) is 3.16. The smallest absolute Gasteiger partial charge is 0.0650 e. The third-order valence-electron chi connectivity index (χ3n) is 2.28. The fourth-order valence-electron chi connectivity index (χ4n) is 1.64. The zero-order chi connectivity index (χ0) is 9.54. The highest BCUT2D eigenvalue weighted by molar-refractivity contribution is 9.10. The predicted molar refractivity (Wildman–Crippen MR) is 66.3 cm³/mol. The molecule has 0 radical (unpaired) electrons. The summed E-state index contributed by atoms with van der Waals surface area (Å²) in [5.74, 6) is 0. The van der Waals surface area contributed by atoms with Crippen LogP contribution in [0.15, 0.2) is 28.7 Å². The van der Waals surface area contributed by atoms with Crippen molar-refractivity contribution in [3.63, 3.8) is 0 Å². The molecule has 1 aliphatic rings. The predicted octanol–water partition coefficient (Wildman–Crippen LogP) is 4.51. The van der Waals surface area contributed by atoms with Crippen LogP contribution < -0.4 is 0 Å². The van der Waals surface area contributed by atoms with Gasteiger partial charge in [-0.15, -0.1) is 0 Å². The standard InChI is InChI=1S/C12H6BrS/c13-8-5-6-10-9-3-1-2-4-11(9)14-12(10)7-8/h1,3-7H/q+1. The molecule has 1 heterocycles. The number of thiophene rings is 1. The largest absolute Gasteiger partial charge is 0.148 e. The monoisotopic (exact) mass is 261 g/mol. The van der Waals surface area contributed by atoms with Crippen LogP contribution in [0.5, 0.6) is 0 Å². The second kappa shape index (κ2) is 3.03. The minimum absolute atomic E-state index is 1.14. The fourth-order valence-corrected chi connectivity index (χ4v) is 3.28. The summed E-state index contributed by atoms with van der Waals surface area (Å²) in [6, 6.07) is 6.42. The Morgan fingerprint density at radius 3 is 3.14 bits per heavy atom. The molecule has 1 aromatic heterocycles. The number of allylic oxidation sites excluding steroid dienone is 2. The summed E-state index contributed by atoms with van der Waals surface area (Å²) in [7, 11) is 0. The van der Waals surface area contributed by atoms with E-state index in [-0.39, 0.29) is 0 Å². The summed E-state index contributed by atoms with van der Waals surface area (Å²) in [6.07, 6.45) is 9.25. The molecule has 14 heavy (non-hydrogen) atoms. The van der Waals surface area contributed by atoms with E-state index in [0.29, 0.717) is 0 Å². The van der Waals surface area contributed by atoms with Gasteiger partial charge in [0.2, 0.25) is 0 Å². The Hall–Kier alpha value is -0.950. The summed E-state index contributed by atoms with van der Waals surface area (Å²) in [5.41, 5.74) is 1.33. The van der Waals surface area contributed by atoms with Crippen molar-refractivity contribution in [1.82, 2.24) is 0 Å². The summed E-state index contributed by atoms with van der Waals surface area (Å²) in [6.45, 7) is 0. The molecule has 0 saturated carbocycles. The third-order valence-corrected chi connectivity index (χ3v) is 3.89. The van der Waals surface area contributed by atoms with Crippen molar-refractivity contribution in [2.24, 2.45) is 0 Å². The number of hydrogen-bond donors (Lipinski definition) is 0. The average Bonchev–Trinajstić information content (AvgIpc) is 2.54. The first kappa shape index (κ1) is 8.37. The van der Waals surface area contributed by atoms with Crippen molar-refractivity contribution in [3.05, 3.63) is 45.3 Å². The lowest BCUT2D eigenvalue weighted by Crippen LogP contribution is -1.76. The van der Waals surface area contributed by atoms with E-state index in [1.807, 2.05) is 23.5 Å². The fraction of sp³-hybridized carbons (Fsp3) is 0. The van der Waals surface area contributed by atoms with Gasteiger partial charge in [-0.25, -0.2) is 0 Å². The number of hydrogen-bond acceptors (Lipinski definition) is 1. The molecule has 0 N–H and O–H groups in total. The Kier molecular flexibility index (Phi) is 1.81. The molecule has 0 amide bonds. The Labute approximate surface area is 94.7 Å². The Bertz CT molecular complexity index is 561. The lowest BCUT2D eigenvalue weighted by atomic mass is 10.1. The summed E-state index contributed by atoms with van der Waals surface area (Å²) in [4.78, 5) is 1.31. The molecule has 2 heteroatoms. The van der Waals surface area contributed by atoms with E-state index in [1.54, 1.807) is 0 Å². The molecule has 0 fully saturated rings. The van der Waals surface area contributed by atoms with Gasteiger partial charge in [0.05, 0.1) is 10.8 Å². The van der Waals surface area contributed by atoms with Crippen molar-refractivity contribution in [2.75, 3.05) is 0 Å². The Morgan fingerprint density at radius 2 is 2.21 bits per heavy atom. The molecule has 0 unspecified atom stereocenters. The van der Waals surface area contributed by atoms with Gasteiger partial charge in [0.15, 0.2) is 0 Å². The van der Waals surface area contributed by atoms with Crippen LogP contribution in [0.3, 0.4) is 0 Å². The van der Waals surface area contributed by atoms with Gasteiger partial charge in [-0.05, 0) is 18.2 Å². The van der Waals surface area contributed by atoms with E-state index in [0.717, 1.165) is 4.47 Å². The maximum absolute atomic E-state index is 3.49. The highest BCUT2D eigenvalue weighted by atomic mass is 79.9. The van der Waals surface area contributed by atoms with Crippen LogP contribution in [0.4, 0.5) is 0 Å². The zero-order valence-electron chi connectivity index (χ0n) is 7.25. The van der Waals surface area contributed by atoms with E-state index >= 15 is 0 Å². The van der Waals surface area contributed by atoms with E-state index in [9.17, 15) is 0 Å². The number of halogens is 1. The van der Waals surface area contributed by atoms with Gasteiger partial charge in [-0.2, -0.15) is 0 Å². The number of fused-ring (bicyclic) bond motifs is 3. The van der Waals surface area contributed by atoms with E-state index in [2.05, 4.69) is 46.3 Å². The van der Waals surface area contributed by atoms with Crippen LogP contribution in [0.1, 0.15) is 10.4 Å². The lowest BCUT2D eigenvalue weighted by molar-refractivity contribution is 1.74. The van der Waals surface area contributed by atoms with Gasteiger partial charge in [-0.3, -0.25) is 0 Å². The first-order valence-electron chi connectivity index (χ1n) is 4.32. The molecule has 0 bridgehead atoms. The number of rotatable bonds is 0. The molecule has 0 spiro atoms. The van der Waals surface area contributed by atoms with Crippen LogP contribution in [0.2, 0.25) is 0 Å². The average molecular weight is 262 g/mol. The van der Waals surface area contributed by atoms with Crippen LogP contribution in [-0.2, 0) is 0 Å². The Balaban J connectivity index is 2.44. The third kappa shape index (κ3) is 1.16. The second-order valence-corrected chi connectivity index (χ2v) is 5.16. The molecule has 0 atom stereocenters. The normalized spacial score (nSPS) is 12.9. The number of benzene rings is 1. The quantitative estimate of drug-likeness (QED) is 0.613. The van der Waals surface area contributed by atoms with Gasteiger partial charge in [0, 0.05) is 15.9 Å². The van der Waals surface area contributed by atoms with Crippen LogP contribution in [0, 0.1) is 6.08 Å². The van der Waals surface area contributed by atoms with Crippen molar-refractivity contribution < 1.29 is 0 Å². The molecule has 66 valence electrons. The van der Waals surface area contributed by atoms with E-state index < -0.39 is 0 Å². The molecule has 0 saturated heterocycles. The molecule has 0 nitrogen and oxygen atoms in total. The van der Waals surface area contributed by atoms with Gasteiger partial charge < -0.3 is 0 Å². The summed E-state index contributed by atoms with van der Waals surface area (Å²) in [5, 5.41) is 1.34. The molecular formula is C12H6BrS+. The van der Waals surface area contributed by atoms with Crippen LogP contribution in [0.25, 0.3) is 22.2 Å². The molecule has 1 aliphatic carbocycles. The van der Waals surface area contributed by atoms with Gasteiger partial charge in [-0.1, -0.05) is 27.3 Å². The van der Waals surface area contributed by atoms with Gasteiger partial charge in [0.1, 0.15) is 22.6 Å². The van der Waals surface area contributed by atoms with Crippen molar-refractivity contribution in [3.8, 4) is 0 Å². The molecule has 3 rings (SSSR count). The minimum Gasteiger partial charge on any atom is -0.0650 e. The topological polar surface area (TPSA) is 0 Å². The molecule has 0 aliphatic heterocycles. The maximum atomic E-state index is 3.49. The highest BCUT2D eigenvalue weighted by Gasteiger charge is 2.16. The summed E-state index contributed by atoms with van der Waals surface area (Å²) >= 11 is 5.30. The SMILES string of the molecule is Brc1ccc2c3c(sc2c1)C=[C+]C=C3. The zero-order valence-corrected chi connectivity index (χ0v) is 9.65. The van der Waals surface area contributed by atoms with Crippen molar-refractivity contribution in [2.45, 2.75) is 0 Å². The van der Waals surface area contributed by atoms with Gasteiger partial charge >= 0.3 is 0 Å². The van der Waals surface area contributed by atoms with E-state index in [4.69, 9.17) is 0 Å². The first-order chi connectivity index (χ1) is 6.84. The molecule has 1 aromatic carbocycles. The van der Waals surface area contributed by atoms with Crippen LogP contribution in [-0.4, -0.2) is 0 Å². The molecule has 2 aromatic rings. The minimum atomic E-state index is 1.14. The first-order valence-corrected chi connectivity index (χ1v) is 5.93. The maximum Gasteiger partial charge on any atom is 0.148 e. The van der Waals surface area contributed by atoms with E-state index in [1.165, 1.54) is 20.5 Å². The highest BCUT2D eigenvalue weighted by Crippen LogP contribution is 2.36.